The molecule has 0 aliphatic heterocycles. The second-order valence-corrected chi connectivity index (χ2v) is 7.65. The predicted molar refractivity (Wildman–Crippen MR) is 129 cm³/mol. The molecule has 0 aliphatic carbocycles. The maximum absolute atomic E-state index is 13.2. The second-order valence-electron chi connectivity index (χ2n) is 7.65. The number of carbonyl (C=O) groups excluding carboxylic acids is 1. The zero-order valence-corrected chi connectivity index (χ0v) is 19.0. The third-order valence-corrected chi connectivity index (χ3v) is 5.44. The summed E-state index contributed by atoms with van der Waals surface area (Å²) in [7, 11) is 1.40. The van der Waals surface area contributed by atoms with E-state index in [-0.39, 0.29) is 17.5 Å². The van der Waals surface area contributed by atoms with Gasteiger partial charge in [0.25, 0.3) is 0 Å². The van der Waals surface area contributed by atoms with Gasteiger partial charge in [0.1, 0.15) is 17.3 Å². The van der Waals surface area contributed by atoms with Crippen LogP contribution in [-0.2, 0) is 22.4 Å². The Morgan fingerprint density at radius 3 is 2.55 bits per heavy atom. The molecule has 0 saturated heterocycles. The lowest BCUT2D eigenvalue weighted by Crippen LogP contribution is -2.02. The second kappa shape index (κ2) is 11.9. The Morgan fingerprint density at radius 2 is 1.82 bits per heavy atom. The summed E-state index contributed by atoms with van der Waals surface area (Å²) in [5, 5.41) is 10.5. The van der Waals surface area contributed by atoms with Crippen molar-refractivity contribution in [3.05, 3.63) is 89.2 Å². The molecule has 0 fully saturated rings. The molecule has 0 radical (unpaired) electrons. The summed E-state index contributed by atoms with van der Waals surface area (Å²) in [4.78, 5) is 11.4. The number of phenolic OH excluding ortho intramolecular Hbond substituents is 1. The van der Waals surface area contributed by atoms with Gasteiger partial charge in [-0.05, 0) is 59.7 Å². The van der Waals surface area contributed by atoms with Crippen molar-refractivity contribution in [2.75, 3.05) is 13.7 Å². The van der Waals surface area contributed by atoms with E-state index in [0.717, 1.165) is 28.7 Å². The summed E-state index contributed by atoms with van der Waals surface area (Å²) < 4.78 is 23.9. The number of rotatable bonds is 10. The molecule has 3 aromatic carbocycles. The lowest BCUT2D eigenvalue weighted by atomic mass is 10.00. The molecule has 0 atom stereocenters. The summed E-state index contributed by atoms with van der Waals surface area (Å²) in [6.45, 7) is 2.49. The predicted octanol–water partition coefficient (Wildman–Crippen LogP) is 6.35. The fourth-order valence-electron chi connectivity index (χ4n) is 3.60. The Balaban J connectivity index is 1.62. The number of hydrogen-bond donors (Lipinski definition) is 1. The van der Waals surface area contributed by atoms with Crippen LogP contribution in [0.2, 0.25) is 0 Å². The molecule has 0 saturated carbocycles. The Labute approximate surface area is 194 Å². The molecule has 0 aliphatic rings. The first kappa shape index (κ1) is 24.1. The number of hydrogen-bond acceptors (Lipinski definition) is 4. The first-order chi connectivity index (χ1) is 16.0. The minimum atomic E-state index is -0.312. The van der Waals surface area contributed by atoms with Crippen molar-refractivity contribution in [2.24, 2.45) is 0 Å². The van der Waals surface area contributed by atoms with Gasteiger partial charge in [-0.25, -0.2) is 4.39 Å². The largest absolute Gasteiger partial charge is 0.507 e. The normalized spacial score (nSPS) is 11.0. The van der Waals surface area contributed by atoms with Crippen LogP contribution in [0.5, 0.6) is 11.5 Å². The SMILES string of the molecule is CCc1cc(-c2ccc(F)cc2)c(O)cc1OCC/C=C\c1ccccc1CCC(=O)OC. The summed E-state index contributed by atoms with van der Waals surface area (Å²) in [6.07, 6.45) is 6.48. The Kier molecular flexibility index (Phi) is 8.64. The van der Waals surface area contributed by atoms with Gasteiger partial charge in [-0.3, -0.25) is 4.79 Å². The van der Waals surface area contributed by atoms with Gasteiger partial charge in [0.2, 0.25) is 0 Å². The van der Waals surface area contributed by atoms with Gasteiger partial charge in [0, 0.05) is 18.1 Å². The molecular formula is C28H29FO4. The Morgan fingerprint density at radius 1 is 1.06 bits per heavy atom. The van der Waals surface area contributed by atoms with E-state index in [0.29, 0.717) is 37.2 Å². The lowest BCUT2D eigenvalue weighted by Gasteiger charge is -2.14. The number of ether oxygens (including phenoxy) is 2. The standard InChI is InChI=1S/C28H29FO4/c1-3-20-18-25(23-11-14-24(29)15-12-23)26(30)19-27(20)33-17-7-6-10-21-8-4-5-9-22(21)13-16-28(31)32-2/h4-6,8-12,14-15,18-19,30H,3,7,13,16-17H2,1-2H3/b10-6-. The van der Waals surface area contributed by atoms with Crippen LogP contribution in [0.15, 0.2) is 66.7 Å². The molecule has 1 N–H and O–H groups in total. The molecular weight excluding hydrogens is 419 g/mol. The Hall–Kier alpha value is -3.60. The van der Waals surface area contributed by atoms with Gasteiger partial charge >= 0.3 is 5.97 Å². The van der Waals surface area contributed by atoms with Crippen LogP contribution in [0.3, 0.4) is 0 Å². The van der Waals surface area contributed by atoms with Crippen molar-refractivity contribution in [1.29, 1.82) is 0 Å². The average Bonchev–Trinajstić information content (AvgIpc) is 2.83. The van der Waals surface area contributed by atoms with Crippen molar-refractivity contribution in [3.8, 4) is 22.6 Å². The number of methoxy groups -OCH3 is 1. The summed E-state index contributed by atoms with van der Waals surface area (Å²) in [5.41, 5.74) is 4.54. The van der Waals surface area contributed by atoms with Gasteiger partial charge < -0.3 is 14.6 Å². The molecule has 4 nitrogen and oxygen atoms in total. The number of esters is 1. The molecule has 3 rings (SSSR count). The maximum atomic E-state index is 13.2. The molecule has 0 aromatic heterocycles. The molecule has 0 heterocycles. The summed E-state index contributed by atoms with van der Waals surface area (Å²) in [5.74, 6) is 0.215. The monoisotopic (exact) mass is 448 g/mol. The fourth-order valence-corrected chi connectivity index (χ4v) is 3.60. The van der Waals surface area contributed by atoms with E-state index in [1.54, 1.807) is 18.2 Å². The zero-order chi connectivity index (χ0) is 23.6. The molecule has 0 unspecified atom stereocenters. The number of aryl methyl sites for hydroxylation is 2. The minimum Gasteiger partial charge on any atom is -0.507 e. The molecule has 33 heavy (non-hydrogen) atoms. The third-order valence-electron chi connectivity index (χ3n) is 5.44. The van der Waals surface area contributed by atoms with Crippen LogP contribution in [0.1, 0.15) is 36.5 Å². The quantitative estimate of drug-likeness (QED) is 0.290. The van der Waals surface area contributed by atoms with Gasteiger partial charge in [0.05, 0.1) is 13.7 Å². The Bertz CT molecular complexity index is 1100. The molecule has 172 valence electrons. The maximum Gasteiger partial charge on any atom is 0.305 e. The number of benzene rings is 3. The van der Waals surface area contributed by atoms with Crippen molar-refractivity contribution in [3.63, 3.8) is 0 Å². The highest BCUT2D eigenvalue weighted by Crippen LogP contribution is 2.36. The van der Waals surface area contributed by atoms with Gasteiger partial charge in [-0.15, -0.1) is 0 Å². The van der Waals surface area contributed by atoms with E-state index < -0.39 is 0 Å². The first-order valence-corrected chi connectivity index (χ1v) is 11.1. The fraction of sp³-hybridized carbons (Fsp3) is 0.250. The number of halogens is 1. The number of carbonyl (C=O) groups is 1. The average molecular weight is 449 g/mol. The van der Waals surface area contributed by atoms with Crippen molar-refractivity contribution < 1.29 is 23.8 Å². The molecule has 0 spiro atoms. The molecule has 3 aromatic rings. The smallest absolute Gasteiger partial charge is 0.305 e. The van der Waals surface area contributed by atoms with Crippen LogP contribution in [-0.4, -0.2) is 24.8 Å². The molecule has 0 bridgehead atoms. The van der Waals surface area contributed by atoms with E-state index in [9.17, 15) is 14.3 Å². The highest BCUT2D eigenvalue weighted by Gasteiger charge is 2.11. The highest BCUT2D eigenvalue weighted by molar-refractivity contribution is 5.72. The summed E-state index contributed by atoms with van der Waals surface area (Å²) in [6, 6.07) is 17.5. The lowest BCUT2D eigenvalue weighted by molar-refractivity contribution is -0.140. The van der Waals surface area contributed by atoms with Gasteiger partial charge in [-0.2, -0.15) is 0 Å². The number of aromatic hydroxyl groups is 1. The van der Waals surface area contributed by atoms with Crippen molar-refractivity contribution in [1.82, 2.24) is 0 Å². The van der Waals surface area contributed by atoms with Gasteiger partial charge in [0.15, 0.2) is 0 Å². The number of phenols is 1. The summed E-state index contributed by atoms with van der Waals surface area (Å²) >= 11 is 0. The van der Waals surface area contributed by atoms with E-state index in [1.807, 2.05) is 49.4 Å². The van der Waals surface area contributed by atoms with Crippen LogP contribution in [0.25, 0.3) is 17.2 Å². The van der Waals surface area contributed by atoms with Gasteiger partial charge in [-0.1, -0.05) is 55.5 Å². The zero-order valence-electron chi connectivity index (χ0n) is 19.0. The van der Waals surface area contributed by atoms with E-state index in [2.05, 4.69) is 0 Å². The van der Waals surface area contributed by atoms with Crippen LogP contribution < -0.4 is 4.74 Å². The van der Waals surface area contributed by atoms with E-state index >= 15 is 0 Å². The van der Waals surface area contributed by atoms with Crippen LogP contribution >= 0.6 is 0 Å². The minimum absolute atomic E-state index is 0.101. The van der Waals surface area contributed by atoms with E-state index in [1.165, 1.54) is 19.2 Å². The van der Waals surface area contributed by atoms with Crippen LogP contribution in [0.4, 0.5) is 4.39 Å². The first-order valence-electron chi connectivity index (χ1n) is 11.1. The topological polar surface area (TPSA) is 55.8 Å². The third kappa shape index (κ3) is 6.69. The van der Waals surface area contributed by atoms with E-state index in [4.69, 9.17) is 9.47 Å². The molecule has 5 heteroatoms. The highest BCUT2D eigenvalue weighted by atomic mass is 19.1. The van der Waals surface area contributed by atoms with Crippen molar-refractivity contribution in [2.45, 2.75) is 32.6 Å². The van der Waals surface area contributed by atoms with Crippen molar-refractivity contribution >= 4 is 12.0 Å². The molecule has 0 amide bonds. The van der Waals surface area contributed by atoms with Crippen LogP contribution in [0, 0.1) is 5.82 Å².